The Balaban J connectivity index is 3.38. The predicted molar refractivity (Wildman–Crippen MR) is 138 cm³/mol. The number of unbranched alkanes of at least 4 members (excludes halogenated alkanes) is 21. The largest absolute Gasteiger partial charge is 0.481 e. The summed E-state index contributed by atoms with van der Waals surface area (Å²) < 4.78 is 0. The zero-order valence-corrected chi connectivity index (χ0v) is 21.6. The van der Waals surface area contributed by atoms with Gasteiger partial charge in [-0.25, -0.2) is 0 Å². The van der Waals surface area contributed by atoms with Gasteiger partial charge in [-0.3, -0.25) is 4.79 Å². The van der Waals surface area contributed by atoms with Crippen LogP contribution in [0.2, 0.25) is 0 Å². The van der Waals surface area contributed by atoms with E-state index in [1.807, 2.05) is 0 Å². The Hall–Kier alpha value is -0.530. The number of hydrogen-bond acceptors (Lipinski definition) is 1. The van der Waals surface area contributed by atoms with Gasteiger partial charge in [-0.05, 0) is 12.8 Å². The highest BCUT2D eigenvalue weighted by atomic mass is 16.4. The highest BCUT2D eigenvalue weighted by Crippen LogP contribution is 2.20. The fraction of sp³-hybridized carbons (Fsp3) is 0.966. The van der Waals surface area contributed by atoms with E-state index >= 15 is 0 Å². The molecule has 0 rings (SSSR count). The van der Waals surface area contributed by atoms with Crippen LogP contribution in [0.25, 0.3) is 0 Å². The van der Waals surface area contributed by atoms with E-state index in [1.54, 1.807) is 0 Å². The first-order valence-electron chi connectivity index (χ1n) is 14.4. The Bertz CT molecular complexity index is 353. The molecule has 0 spiro atoms. The van der Waals surface area contributed by atoms with Gasteiger partial charge in [0.15, 0.2) is 0 Å². The molecule has 0 saturated heterocycles. The van der Waals surface area contributed by atoms with Crippen LogP contribution in [0.1, 0.15) is 174 Å². The molecule has 0 aromatic heterocycles. The van der Waals surface area contributed by atoms with Crippen molar-refractivity contribution in [2.45, 2.75) is 174 Å². The van der Waals surface area contributed by atoms with Gasteiger partial charge < -0.3 is 5.11 Å². The van der Waals surface area contributed by atoms with E-state index in [2.05, 4.69) is 13.8 Å². The molecule has 0 aliphatic carbocycles. The number of hydrogen-bond donors (Lipinski definition) is 1. The average molecular weight is 439 g/mol. The summed E-state index contributed by atoms with van der Waals surface area (Å²) >= 11 is 0. The Morgan fingerprint density at radius 1 is 0.452 bits per heavy atom. The average Bonchev–Trinajstić information content (AvgIpc) is 2.76. The molecule has 0 bridgehead atoms. The number of carboxylic acids is 1. The van der Waals surface area contributed by atoms with Crippen LogP contribution < -0.4 is 0 Å². The number of carbonyl (C=O) groups is 1. The summed E-state index contributed by atoms with van der Waals surface area (Å²) in [7, 11) is 0. The van der Waals surface area contributed by atoms with Crippen LogP contribution in [-0.4, -0.2) is 11.1 Å². The van der Waals surface area contributed by atoms with E-state index in [9.17, 15) is 9.90 Å². The summed E-state index contributed by atoms with van der Waals surface area (Å²) in [5.41, 5.74) is 0. The highest BCUT2D eigenvalue weighted by Gasteiger charge is 2.16. The van der Waals surface area contributed by atoms with Crippen LogP contribution in [0.5, 0.6) is 0 Å². The molecule has 0 aromatic rings. The van der Waals surface area contributed by atoms with Crippen molar-refractivity contribution in [1.82, 2.24) is 0 Å². The monoisotopic (exact) mass is 438 g/mol. The molecular formula is C29H58O2. The van der Waals surface area contributed by atoms with Gasteiger partial charge in [0.25, 0.3) is 0 Å². The van der Waals surface area contributed by atoms with Crippen molar-refractivity contribution in [3.8, 4) is 0 Å². The fourth-order valence-electron chi connectivity index (χ4n) is 4.68. The lowest BCUT2D eigenvalue weighted by molar-refractivity contribution is -0.142. The summed E-state index contributed by atoms with van der Waals surface area (Å²) in [6, 6.07) is 0. The Kier molecular flexibility index (Phi) is 25.3. The molecule has 1 N–H and O–H groups in total. The van der Waals surface area contributed by atoms with Crippen LogP contribution in [0.15, 0.2) is 0 Å². The lowest BCUT2D eigenvalue weighted by Gasteiger charge is -2.12. The van der Waals surface area contributed by atoms with Gasteiger partial charge >= 0.3 is 5.97 Å². The van der Waals surface area contributed by atoms with Crippen molar-refractivity contribution in [3.05, 3.63) is 0 Å². The van der Waals surface area contributed by atoms with E-state index in [-0.39, 0.29) is 5.92 Å². The predicted octanol–water partition coefficient (Wildman–Crippen LogP) is 10.5. The normalized spacial score (nSPS) is 12.3. The maximum atomic E-state index is 11.5. The third-order valence-electron chi connectivity index (χ3n) is 6.91. The number of aliphatic carboxylic acids is 1. The molecule has 0 aliphatic rings. The van der Waals surface area contributed by atoms with E-state index in [1.165, 1.54) is 135 Å². The molecule has 0 heterocycles. The molecular weight excluding hydrogens is 380 g/mol. The van der Waals surface area contributed by atoms with Crippen LogP contribution in [0, 0.1) is 5.92 Å². The van der Waals surface area contributed by atoms with Crippen molar-refractivity contribution in [1.29, 1.82) is 0 Å². The molecule has 2 heteroatoms. The minimum Gasteiger partial charge on any atom is -0.481 e. The van der Waals surface area contributed by atoms with Crippen molar-refractivity contribution in [2.24, 2.45) is 5.92 Å². The Morgan fingerprint density at radius 3 is 0.903 bits per heavy atom. The highest BCUT2D eigenvalue weighted by molar-refractivity contribution is 5.69. The third kappa shape index (κ3) is 24.0. The van der Waals surface area contributed by atoms with Crippen LogP contribution in [-0.2, 0) is 4.79 Å². The van der Waals surface area contributed by atoms with Gasteiger partial charge in [-0.1, -0.05) is 162 Å². The zero-order valence-electron chi connectivity index (χ0n) is 21.6. The molecule has 0 amide bonds. The van der Waals surface area contributed by atoms with Crippen molar-refractivity contribution in [3.63, 3.8) is 0 Å². The standard InChI is InChI=1S/C29H58O2/c1-3-5-7-9-11-13-14-15-16-17-18-19-21-23-25-27-28(29(30)31)26-24-22-20-12-10-8-6-4-2/h28H,3-27H2,1-2H3,(H,30,31). The topological polar surface area (TPSA) is 37.3 Å². The molecule has 0 saturated carbocycles. The van der Waals surface area contributed by atoms with E-state index in [0.717, 1.165) is 25.7 Å². The van der Waals surface area contributed by atoms with Gasteiger partial charge in [-0.2, -0.15) is 0 Å². The first-order valence-corrected chi connectivity index (χ1v) is 14.4. The fourth-order valence-corrected chi connectivity index (χ4v) is 4.68. The smallest absolute Gasteiger partial charge is 0.306 e. The number of carboxylic acid groups (broad SMARTS) is 1. The van der Waals surface area contributed by atoms with Gasteiger partial charge in [-0.15, -0.1) is 0 Å². The molecule has 31 heavy (non-hydrogen) atoms. The van der Waals surface area contributed by atoms with E-state index in [4.69, 9.17) is 0 Å². The van der Waals surface area contributed by atoms with Crippen molar-refractivity contribution < 1.29 is 9.90 Å². The molecule has 186 valence electrons. The molecule has 0 fully saturated rings. The Morgan fingerprint density at radius 2 is 0.677 bits per heavy atom. The second kappa shape index (κ2) is 25.7. The zero-order chi connectivity index (χ0) is 22.8. The molecule has 0 radical (unpaired) electrons. The van der Waals surface area contributed by atoms with Crippen molar-refractivity contribution in [2.75, 3.05) is 0 Å². The van der Waals surface area contributed by atoms with Crippen LogP contribution in [0.3, 0.4) is 0 Å². The Labute approximate surface area is 196 Å². The summed E-state index contributed by atoms with van der Waals surface area (Å²) in [4.78, 5) is 11.5. The van der Waals surface area contributed by atoms with Gasteiger partial charge in [0.2, 0.25) is 0 Å². The number of rotatable bonds is 26. The van der Waals surface area contributed by atoms with Crippen LogP contribution >= 0.6 is 0 Å². The maximum Gasteiger partial charge on any atom is 0.306 e. The first kappa shape index (κ1) is 30.5. The molecule has 1 unspecified atom stereocenters. The lowest BCUT2D eigenvalue weighted by atomic mass is 9.94. The molecule has 0 aromatic carbocycles. The van der Waals surface area contributed by atoms with Gasteiger partial charge in [0, 0.05) is 0 Å². The van der Waals surface area contributed by atoms with Crippen LogP contribution in [0.4, 0.5) is 0 Å². The minimum atomic E-state index is -0.562. The SMILES string of the molecule is CCCCCCCCCCCCCCCCCC(CCCCCCCCCC)C(=O)O. The van der Waals surface area contributed by atoms with E-state index < -0.39 is 5.97 Å². The molecule has 0 aliphatic heterocycles. The molecule has 2 nitrogen and oxygen atoms in total. The minimum absolute atomic E-state index is 0.0953. The maximum absolute atomic E-state index is 11.5. The van der Waals surface area contributed by atoms with Crippen molar-refractivity contribution >= 4 is 5.97 Å². The first-order chi connectivity index (χ1) is 15.2. The second-order valence-electron chi connectivity index (χ2n) is 10.0. The third-order valence-corrected chi connectivity index (χ3v) is 6.91. The van der Waals surface area contributed by atoms with Gasteiger partial charge in [0.1, 0.15) is 0 Å². The molecule has 1 atom stereocenters. The quantitative estimate of drug-likeness (QED) is 0.136. The summed E-state index contributed by atoms with van der Waals surface area (Å²) in [6.45, 7) is 4.54. The lowest BCUT2D eigenvalue weighted by Crippen LogP contribution is -2.13. The van der Waals surface area contributed by atoms with Gasteiger partial charge in [0.05, 0.1) is 5.92 Å². The summed E-state index contributed by atoms with van der Waals surface area (Å²) in [5.74, 6) is -0.657. The second-order valence-corrected chi connectivity index (χ2v) is 10.0. The summed E-state index contributed by atoms with van der Waals surface area (Å²) in [6.07, 6.45) is 32.6. The summed E-state index contributed by atoms with van der Waals surface area (Å²) in [5, 5.41) is 9.49. The van der Waals surface area contributed by atoms with E-state index in [0.29, 0.717) is 0 Å².